The number of carbonyl (C=O) groups excluding carboxylic acids is 1. The lowest BCUT2D eigenvalue weighted by atomic mass is 9.99. The molecule has 1 amide bonds. The van der Waals surface area contributed by atoms with Crippen molar-refractivity contribution in [2.45, 2.75) is 37.8 Å². The minimum Gasteiger partial charge on any atom is -0.488 e. The van der Waals surface area contributed by atoms with Crippen LogP contribution in [0.3, 0.4) is 0 Å². The van der Waals surface area contributed by atoms with Crippen molar-refractivity contribution in [3.63, 3.8) is 0 Å². The highest BCUT2D eigenvalue weighted by Gasteiger charge is 2.34. The molecule has 1 heterocycles. The molecule has 12 heteroatoms. The van der Waals surface area contributed by atoms with Crippen molar-refractivity contribution < 1.29 is 31.5 Å². The molecule has 0 unspecified atom stereocenters. The molecular formula is C24H33N3O7S2. The fourth-order valence-electron chi connectivity index (χ4n) is 3.82. The van der Waals surface area contributed by atoms with Gasteiger partial charge in [-0.05, 0) is 44.2 Å². The largest absolute Gasteiger partial charge is 0.488 e. The molecule has 0 saturated carbocycles. The Hall–Kier alpha value is -2.67. The molecule has 0 aromatic heterocycles. The highest BCUT2D eigenvalue weighted by molar-refractivity contribution is 7.92. The predicted molar refractivity (Wildman–Crippen MR) is 137 cm³/mol. The van der Waals surface area contributed by atoms with Gasteiger partial charge in [-0.3, -0.25) is 9.52 Å². The van der Waals surface area contributed by atoms with E-state index in [4.69, 9.17) is 4.74 Å². The number of benzene rings is 2. The number of ether oxygens (including phenoxy) is 1. The van der Waals surface area contributed by atoms with Gasteiger partial charge in [0, 0.05) is 25.2 Å². The number of aryl methyl sites for hydroxylation is 1. The number of rotatable bonds is 8. The summed E-state index contributed by atoms with van der Waals surface area (Å²) in [7, 11) is -5.92. The SMILES string of the molecule is Cc1ccc(S(=O)(=O)Nc2ccc3c(c2)C(=O)N([C@H](C)CO)C[C@@H](C)[C@@H](CN(C)S(C)(=O)=O)O3)cc1. The molecule has 2 aromatic rings. The average molecular weight is 540 g/mol. The van der Waals surface area contributed by atoms with E-state index in [0.29, 0.717) is 0 Å². The van der Waals surface area contributed by atoms with Gasteiger partial charge >= 0.3 is 0 Å². The molecule has 0 radical (unpaired) electrons. The summed E-state index contributed by atoms with van der Waals surface area (Å²) in [6.45, 7) is 5.39. The van der Waals surface area contributed by atoms with Crippen LogP contribution in [0.2, 0.25) is 0 Å². The van der Waals surface area contributed by atoms with Gasteiger partial charge in [-0.2, -0.15) is 0 Å². The summed E-state index contributed by atoms with van der Waals surface area (Å²) < 4.78 is 59.6. The number of aliphatic hydroxyl groups excluding tert-OH is 1. The summed E-state index contributed by atoms with van der Waals surface area (Å²) in [6.07, 6.45) is 0.505. The maximum Gasteiger partial charge on any atom is 0.261 e. The van der Waals surface area contributed by atoms with Crippen LogP contribution >= 0.6 is 0 Å². The van der Waals surface area contributed by atoms with Crippen molar-refractivity contribution in [3.05, 3.63) is 53.6 Å². The minimum atomic E-state index is -3.91. The third kappa shape index (κ3) is 6.36. The molecule has 3 atom stereocenters. The Morgan fingerprint density at radius 2 is 1.81 bits per heavy atom. The van der Waals surface area contributed by atoms with E-state index in [9.17, 15) is 26.7 Å². The fraction of sp³-hybridized carbons (Fsp3) is 0.458. The van der Waals surface area contributed by atoms with Crippen molar-refractivity contribution in [2.75, 3.05) is 37.7 Å². The number of sulfonamides is 2. The van der Waals surface area contributed by atoms with E-state index in [1.807, 2.05) is 13.8 Å². The van der Waals surface area contributed by atoms with Crippen LogP contribution in [0.4, 0.5) is 5.69 Å². The van der Waals surface area contributed by atoms with Gasteiger partial charge in [-0.1, -0.05) is 24.6 Å². The van der Waals surface area contributed by atoms with Crippen LogP contribution in [-0.4, -0.2) is 82.2 Å². The highest BCUT2D eigenvalue weighted by Crippen LogP contribution is 2.31. The second-order valence-corrected chi connectivity index (χ2v) is 13.1. The number of nitrogens with zero attached hydrogens (tertiary/aromatic N) is 2. The van der Waals surface area contributed by atoms with Crippen LogP contribution in [0.25, 0.3) is 0 Å². The van der Waals surface area contributed by atoms with Crippen LogP contribution in [-0.2, 0) is 20.0 Å². The molecule has 0 fully saturated rings. The molecule has 10 nitrogen and oxygen atoms in total. The summed E-state index contributed by atoms with van der Waals surface area (Å²) in [5.41, 5.74) is 1.20. The molecule has 1 aliphatic heterocycles. The first-order valence-electron chi connectivity index (χ1n) is 11.5. The summed E-state index contributed by atoms with van der Waals surface area (Å²) in [4.78, 5) is 15.1. The van der Waals surface area contributed by atoms with Crippen molar-refractivity contribution in [3.8, 4) is 5.75 Å². The van der Waals surface area contributed by atoms with Gasteiger partial charge in [-0.25, -0.2) is 21.1 Å². The normalized spacial score (nSPS) is 19.8. The Balaban J connectivity index is 2.01. The van der Waals surface area contributed by atoms with Crippen LogP contribution in [0.5, 0.6) is 5.75 Å². The standard InChI is InChI=1S/C24H33N3O7S2/c1-16-6-9-20(10-7-16)36(32,33)25-19-8-11-22-21(12-19)24(29)27(18(3)15-28)13-17(2)23(34-22)14-26(4)35(5,30)31/h6-12,17-18,23,25,28H,13-15H2,1-5H3/t17-,18-,23-/m1/s1. The van der Waals surface area contributed by atoms with Gasteiger partial charge in [0.05, 0.1) is 35.9 Å². The number of likely N-dealkylation sites (N-methyl/N-ethyl adjacent to an activating group) is 1. The van der Waals surface area contributed by atoms with Crippen LogP contribution in [0.15, 0.2) is 47.4 Å². The van der Waals surface area contributed by atoms with Crippen LogP contribution < -0.4 is 9.46 Å². The number of carbonyl (C=O) groups is 1. The molecule has 2 N–H and O–H groups in total. The maximum atomic E-state index is 13.5. The minimum absolute atomic E-state index is 0.0524. The molecule has 0 aliphatic carbocycles. The lowest BCUT2D eigenvalue weighted by Gasteiger charge is -2.38. The number of amides is 1. The van der Waals surface area contributed by atoms with E-state index in [1.54, 1.807) is 19.1 Å². The molecule has 2 aromatic carbocycles. The second kappa shape index (κ2) is 10.8. The van der Waals surface area contributed by atoms with E-state index in [1.165, 1.54) is 46.6 Å². The molecular weight excluding hydrogens is 506 g/mol. The zero-order valence-electron chi connectivity index (χ0n) is 21.0. The Bertz CT molecular complexity index is 1310. The molecule has 198 valence electrons. The lowest BCUT2D eigenvalue weighted by molar-refractivity contribution is 0.0387. The zero-order valence-corrected chi connectivity index (χ0v) is 22.6. The summed E-state index contributed by atoms with van der Waals surface area (Å²) in [6, 6.07) is 10.2. The smallest absolute Gasteiger partial charge is 0.261 e. The van der Waals surface area contributed by atoms with Crippen molar-refractivity contribution in [1.29, 1.82) is 0 Å². The summed E-state index contributed by atoms with van der Waals surface area (Å²) in [5, 5.41) is 9.77. The van der Waals surface area contributed by atoms with Crippen molar-refractivity contribution >= 4 is 31.6 Å². The van der Waals surface area contributed by atoms with Gasteiger partial charge < -0.3 is 14.7 Å². The molecule has 0 spiro atoms. The topological polar surface area (TPSA) is 133 Å². The number of hydrogen-bond donors (Lipinski definition) is 2. The first kappa shape index (κ1) is 27.9. The number of fused-ring (bicyclic) bond motifs is 1. The van der Waals surface area contributed by atoms with Gasteiger partial charge in [0.15, 0.2) is 0 Å². The van der Waals surface area contributed by atoms with Crippen LogP contribution in [0.1, 0.15) is 29.8 Å². The third-order valence-corrected chi connectivity index (χ3v) is 8.93. The summed E-state index contributed by atoms with van der Waals surface area (Å²) >= 11 is 0. The quantitative estimate of drug-likeness (QED) is 0.523. The molecule has 36 heavy (non-hydrogen) atoms. The van der Waals surface area contributed by atoms with Crippen LogP contribution in [0, 0.1) is 12.8 Å². The monoisotopic (exact) mass is 539 g/mol. The van der Waals surface area contributed by atoms with Gasteiger partial charge in [0.25, 0.3) is 15.9 Å². The number of anilines is 1. The molecule has 1 aliphatic rings. The van der Waals surface area contributed by atoms with E-state index in [2.05, 4.69) is 4.72 Å². The van der Waals surface area contributed by atoms with Gasteiger partial charge in [0.1, 0.15) is 11.9 Å². The van der Waals surface area contributed by atoms with E-state index in [0.717, 1.165) is 11.8 Å². The van der Waals surface area contributed by atoms with Gasteiger partial charge in [0.2, 0.25) is 10.0 Å². The lowest BCUT2D eigenvalue weighted by Crippen LogP contribution is -2.50. The summed E-state index contributed by atoms with van der Waals surface area (Å²) in [5.74, 6) is -0.489. The van der Waals surface area contributed by atoms with E-state index < -0.39 is 38.1 Å². The Labute approximate surface area is 213 Å². The van der Waals surface area contributed by atoms with E-state index in [-0.39, 0.29) is 47.5 Å². The van der Waals surface area contributed by atoms with Crippen molar-refractivity contribution in [1.82, 2.24) is 9.21 Å². The van der Waals surface area contributed by atoms with E-state index >= 15 is 0 Å². The van der Waals surface area contributed by atoms with Gasteiger partial charge in [-0.15, -0.1) is 0 Å². The number of nitrogens with one attached hydrogen (secondary N) is 1. The predicted octanol–water partition coefficient (Wildman–Crippen LogP) is 1.91. The maximum absolute atomic E-state index is 13.5. The first-order chi connectivity index (χ1) is 16.7. The molecule has 3 rings (SSSR count). The Morgan fingerprint density at radius 3 is 2.39 bits per heavy atom. The first-order valence-corrected chi connectivity index (χ1v) is 14.8. The number of aliphatic hydroxyl groups is 1. The fourth-order valence-corrected chi connectivity index (χ4v) is 5.29. The molecule has 0 bridgehead atoms. The Kier molecular flexibility index (Phi) is 8.33. The second-order valence-electron chi connectivity index (χ2n) is 9.30. The highest BCUT2D eigenvalue weighted by atomic mass is 32.2. The number of hydrogen-bond acceptors (Lipinski definition) is 7. The third-order valence-electron chi connectivity index (χ3n) is 6.25. The zero-order chi connectivity index (χ0) is 26.8. The molecule has 0 saturated heterocycles. The average Bonchev–Trinajstić information content (AvgIpc) is 2.80. The Morgan fingerprint density at radius 1 is 1.17 bits per heavy atom. The van der Waals surface area contributed by atoms with Crippen molar-refractivity contribution in [2.24, 2.45) is 5.92 Å².